The van der Waals surface area contributed by atoms with Gasteiger partial charge in [0.05, 0.1) is 30.5 Å². The molecule has 0 radical (unpaired) electrons. The fourth-order valence-corrected chi connectivity index (χ4v) is 11.9. The number of aromatic nitrogens is 1. The van der Waals surface area contributed by atoms with Crippen molar-refractivity contribution >= 4 is 28.6 Å². The lowest BCUT2D eigenvalue weighted by molar-refractivity contribution is -0.264. The Bertz CT molecular complexity index is 2230. The Morgan fingerprint density at radius 1 is 0.847 bits per heavy atom. The Morgan fingerprint density at radius 3 is 2.33 bits per heavy atom. The molecule has 4 aliphatic rings. The van der Waals surface area contributed by atoms with Crippen molar-refractivity contribution in [2.75, 3.05) is 20.8 Å². The SMILES string of the molecule is CO[C@H]1[C@@H](O)[C@H](C)C[C@H](C)/C=C/C=C/C=C(\C)[C@@H](c2c[nH]c3ccccc23)C[C@@H]2CC[C@@H](C)[C@@](O)(O2)C(=O)C(=O)N2CCCCC2C(=O)O[C@H]([C@H](C)C[C@@H]2CC[C@@H](O)[C@H](OC)C2)C[C@H](O)[C@H](C)/C=C(\C)[C@H]1O. The molecule has 4 heterocycles. The standard InChI is InChI=1S/C58H86N2O12/c1-34-17-11-10-12-18-35(2)44(45-33-59-46-20-14-13-19-43(45)46)31-42-24-22-40(7)58(68,72-42)55(65)56(66)60-26-16-15-21-47(60)57(67)71-50(37(4)29-41-23-25-48(61)51(30-41)69-8)32-49(62)36(3)28-39(6)53(64)54(70-9)52(63)38(5)27-34/h10-14,17-20,28,33-34,36-38,40-42,44,47-54,59,61-64,68H,15-16,21-27,29-32H2,1-9H3/b12-10+,17-11+,35-18+,39-28+/t34-,36-,37-,38-,40-,41+,42+,44+,47?,48-,49+,50+,51-,52+,53-,54+,58-/m1/s1. The third-order valence-corrected chi connectivity index (χ3v) is 16.7. The number of aliphatic hydroxyl groups is 5. The molecule has 1 aromatic heterocycles. The van der Waals surface area contributed by atoms with Gasteiger partial charge in [0.15, 0.2) is 0 Å². The summed E-state index contributed by atoms with van der Waals surface area (Å²) in [6.45, 7) is 13.4. The number of piperidine rings is 1. The van der Waals surface area contributed by atoms with Gasteiger partial charge in [0, 0.05) is 62.0 Å². The molecule has 6 rings (SSSR count). The number of nitrogens with one attached hydrogen (secondary N) is 1. The number of ether oxygens (including phenoxy) is 4. The Hall–Kier alpha value is -3.99. The Labute approximate surface area is 427 Å². The van der Waals surface area contributed by atoms with Gasteiger partial charge in [-0.15, -0.1) is 0 Å². The summed E-state index contributed by atoms with van der Waals surface area (Å²) in [7, 11) is 3.05. The molecule has 400 valence electrons. The van der Waals surface area contributed by atoms with Gasteiger partial charge in [-0.1, -0.05) is 94.8 Å². The number of para-hydroxylation sites is 1. The lowest BCUT2D eigenvalue weighted by Gasteiger charge is -2.43. The highest BCUT2D eigenvalue weighted by Crippen LogP contribution is 2.42. The summed E-state index contributed by atoms with van der Waals surface area (Å²) in [6, 6.07) is 6.93. The average molecular weight is 1000 g/mol. The van der Waals surface area contributed by atoms with Crippen LogP contribution in [-0.4, -0.2) is 135 Å². The fourth-order valence-electron chi connectivity index (χ4n) is 11.9. The van der Waals surface area contributed by atoms with E-state index in [4.69, 9.17) is 18.9 Å². The average Bonchev–Trinajstić information content (AvgIpc) is 3.79. The van der Waals surface area contributed by atoms with Crippen LogP contribution in [0.2, 0.25) is 0 Å². The number of methoxy groups -OCH3 is 2. The number of aliphatic hydroxyl groups excluding tert-OH is 4. The molecule has 3 fully saturated rings. The Morgan fingerprint density at radius 2 is 1.60 bits per heavy atom. The number of benzene rings is 1. The monoisotopic (exact) mass is 1000 g/mol. The maximum Gasteiger partial charge on any atom is 0.329 e. The van der Waals surface area contributed by atoms with Crippen molar-refractivity contribution in [3.63, 3.8) is 0 Å². The van der Waals surface area contributed by atoms with Crippen LogP contribution in [0.1, 0.15) is 137 Å². The number of cyclic esters (lactones) is 1. The largest absolute Gasteiger partial charge is 0.460 e. The number of hydrogen-bond donors (Lipinski definition) is 6. The summed E-state index contributed by atoms with van der Waals surface area (Å²) < 4.78 is 24.2. The van der Waals surface area contributed by atoms with E-state index in [0.717, 1.165) is 28.5 Å². The molecule has 14 heteroatoms. The van der Waals surface area contributed by atoms with Crippen molar-refractivity contribution in [3.05, 3.63) is 83.6 Å². The second-order valence-electron chi connectivity index (χ2n) is 22.1. The number of ketones is 1. The fraction of sp³-hybridized carbons (Fsp3) is 0.672. The van der Waals surface area contributed by atoms with E-state index in [1.54, 1.807) is 27.0 Å². The minimum atomic E-state index is -2.43. The number of rotatable bonds is 6. The summed E-state index contributed by atoms with van der Waals surface area (Å²) in [5.41, 5.74) is 3.56. The van der Waals surface area contributed by atoms with E-state index in [-0.39, 0.29) is 55.1 Å². The van der Waals surface area contributed by atoms with E-state index in [2.05, 4.69) is 37.0 Å². The number of nitrogens with zero attached hydrogens (tertiary/aromatic N) is 1. The number of esters is 1. The van der Waals surface area contributed by atoms with Crippen LogP contribution in [0.25, 0.3) is 10.9 Å². The quantitative estimate of drug-likeness (QED) is 0.0925. The summed E-state index contributed by atoms with van der Waals surface area (Å²) in [6.07, 6.45) is 13.4. The zero-order chi connectivity index (χ0) is 52.4. The zero-order valence-corrected chi connectivity index (χ0v) is 44.3. The molecule has 0 spiro atoms. The van der Waals surface area contributed by atoms with Gasteiger partial charge >= 0.3 is 5.97 Å². The molecule has 14 nitrogen and oxygen atoms in total. The number of aromatic amines is 1. The summed E-state index contributed by atoms with van der Waals surface area (Å²) in [5.74, 6) is -6.93. The van der Waals surface area contributed by atoms with E-state index in [1.807, 2.05) is 63.4 Å². The molecule has 6 N–H and O–H groups in total. The van der Waals surface area contributed by atoms with Gasteiger partial charge in [-0.3, -0.25) is 9.59 Å². The van der Waals surface area contributed by atoms with Gasteiger partial charge in [-0.05, 0) is 125 Å². The minimum absolute atomic E-state index is 0.0330. The van der Waals surface area contributed by atoms with Gasteiger partial charge < -0.3 is 54.4 Å². The topological polar surface area (TPSA) is 208 Å². The van der Waals surface area contributed by atoms with E-state index < -0.39 is 84.1 Å². The number of carbonyl (C=O) groups excluding carboxylic acids is 3. The van der Waals surface area contributed by atoms with Crippen LogP contribution in [0, 0.1) is 35.5 Å². The molecule has 1 saturated carbocycles. The maximum absolute atomic E-state index is 14.6. The molecule has 72 heavy (non-hydrogen) atoms. The van der Waals surface area contributed by atoms with Crippen LogP contribution in [-0.2, 0) is 33.3 Å². The van der Waals surface area contributed by atoms with Crippen molar-refractivity contribution in [1.29, 1.82) is 0 Å². The lowest BCUT2D eigenvalue weighted by Crippen LogP contribution is -2.60. The van der Waals surface area contributed by atoms with Crippen LogP contribution in [0.4, 0.5) is 0 Å². The number of hydrogen-bond acceptors (Lipinski definition) is 12. The van der Waals surface area contributed by atoms with Gasteiger partial charge in [-0.2, -0.15) is 0 Å². The van der Waals surface area contributed by atoms with E-state index in [0.29, 0.717) is 63.4 Å². The number of H-pyrrole nitrogens is 1. The molecule has 1 unspecified atom stereocenters. The molecule has 17 atom stereocenters. The predicted octanol–water partition coefficient (Wildman–Crippen LogP) is 8.01. The molecule has 2 saturated heterocycles. The van der Waals surface area contributed by atoms with Gasteiger partial charge in [0.1, 0.15) is 24.4 Å². The van der Waals surface area contributed by atoms with Crippen molar-refractivity contribution in [2.24, 2.45) is 35.5 Å². The first kappa shape index (κ1) is 57.3. The molecule has 1 amide bonds. The van der Waals surface area contributed by atoms with Crippen LogP contribution >= 0.6 is 0 Å². The Balaban J connectivity index is 1.34. The summed E-state index contributed by atoms with van der Waals surface area (Å²) >= 11 is 0. The molecule has 1 aliphatic carbocycles. The molecule has 2 aromatic rings. The Kier molecular flexibility index (Phi) is 20.7. The van der Waals surface area contributed by atoms with Gasteiger partial charge in [0.2, 0.25) is 5.79 Å². The van der Waals surface area contributed by atoms with Crippen molar-refractivity contribution < 1.29 is 58.9 Å². The van der Waals surface area contributed by atoms with Crippen LogP contribution in [0.5, 0.6) is 0 Å². The van der Waals surface area contributed by atoms with Crippen molar-refractivity contribution in [2.45, 2.75) is 192 Å². The molecular formula is C58H86N2O12. The first-order valence-electron chi connectivity index (χ1n) is 26.8. The molecule has 1 aromatic carbocycles. The molecule has 3 aliphatic heterocycles. The predicted molar refractivity (Wildman–Crippen MR) is 277 cm³/mol. The number of allylic oxidation sites excluding steroid dienone is 6. The van der Waals surface area contributed by atoms with E-state index in [9.17, 15) is 39.9 Å². The van der Waals surface area contributed by atoms with Crippen LogP contribution in [0.3, 0.4) is 0 Å². The van der Waals surface area contributed by atoms with Gasteiger partial charge in [-0.25, -0.2) is 4.79 Å². The first-order chi connectivity index (χ1) is 34.3. The van der Waals surface area contributed by atoms with E-state index >= 15 is 0 Å². The zero-order valence-electron chi connectivity index (χ0n) is 44.3. The highest BCUT2D eigenvalue weighted by molar-refractivity contribution is 6.39. The number of Topliss-reactive ketones (excluding diaryl/α,β-unsaturated/α-hetero) is 1. The first-order valence-corrected chi connectivity index (χ1v) is 26.8. The number of amides is 1. The number of fused-ring (bicyclic) bond motifs is 4. The maximum atomic E-state index is 14.6. The van der Waals surface area contributed by atoms with Crippen LogP contribution < -0.4 is 0 Å². The molecule has 2 bridgehead atoms. The smallest absolute Gasteiger partial charge is 0.329 e. The highest BCUT2D eigenvalue weighted by Gasteiger charge is 2.53. The lowest BCUT2D eigenvalue weighted by atomic mass is 9.78. The normalized spacial score (nSPS) is 39.7. The summed E-state index contributed by atoms with van der Waals surface area (Å²) in [5, 5.41) is 59.0. The van der Waals surface area contributed by atoms with Crippen molar-refractivity contribution in [3.8, 4) is 0 Å². The second kappa shape index (κ2) is 26.0. The summed E-state index contributed by atoms with van der Waals surface area (Å²) in [4.78, 5) is 48.3. The second-order valence-corrected chi connectivity index (χ2v) is 22.1. The highest BCUT2D eigenvalue weighted by atomic mass is 16.6. The third kappa shape index (κ3) is 13.8. The number of carbonyl (C=O) groups is 3. The molecular weight excluding hydrogens is 917 g/mol. The van der Waals surface area contributed by atoms with E-state index in [1.165, 1.54) is 12.0 Å². The van der Waals surface area contributed by atoms with Crippen molar-refractivity contribution in [1.82, 2.24) is 9.88 Å². The van der Waals surface area contributed by atoms with Gasteiger partial charge in [0.25, 0.3) is 11.7 Å². The van der Waals surface area contributed by atoms with Crippen LogP contribution in [0.15, 0.2) is 78.1 Å². The minimum Gasteiger partial charge on any atom is -0.460 e. The third-order valence-electron chi connectivity index (χ3n) is 16.7.